The molecule has 0 aliphatic carbocycles. The highest BCUT2D eigenvalue weighted by Gasteiger charge is 2.21. The first kappa shape index (κ1) is 21.2. The molecule has 0 spiro atoms. The summed E-state index contributed by atoms with van der Waals surface area (Å²) >= 11 is 4.88. The monoisotopic (exact) mass is 408 g/mol. The minimum absolute atomic E-state index is 0.178. The molecule has 5 nitrogen and oxygen atoms in total. The van der Waals surface area contributed by atoms with Gasteiger partial charge in [-0.3, -0.25) is 4.90 Å². The Kier molecular flexibility index (Phi) is 7.15. The second-order valence-corrected chi connectivity index (χ2v) is 7.11. The third kappa shape index (κ3) is 4.73. The first-order valence-corrected chi connectivity index (χ1v) is 10.6. The molecule has 1 heterocycles. The Labute approximate surface area is 177 Å². The summed E-state index contributed by atoms with van der Waals surface area (Å²) in [6, 6.07) is 12.4. The summed E-state index contributed by atoms with van der Waals surface area (Å²) in [4.78, 5) is 15.1. The Morgan fingerprint density at radius 3 is 2.48 bits per heavy atom. The van der Waals surface area contributed by atoms with Crippen LogP contribution in [0.3, 0.4) is 0 Å². The molecule has 1 aromatic heterocycles. The molecule has 1 unspecified atom stereocenters. The highest BCUT2D eigenvalue weighted by atomic mass is 32.1. The number of isothiocyanates is 1. The van der Waals surface area contributed by atoms with Crippen LogP contribution in [0.5, 0.6) is 5.75 Å². The van der Waals surface area contributed by atoms with Gasteiger partial charge >= 0.3 is 0 Å². The largest absolute Gasteiger partial charge is 0.494 e. The van der Waals surface area contributed by atoms with Crippen molar-refractivity contribution in [3.05, 3.63) is 53.3 Å². The van der Waals surface area contributed by atoms with Crippen LogP contribution in [-0.2, 0) is 6.42 Å². The zero-order valence-corrected chi connectivity index (χ0v) is 18.3. The smallest absolute Gasteiger partial charge is 0.119 e. The number of thiocarbonyl (C=S) groups is 1. The fourth-order valence-corrected chi connectivity index (χ4v) is 3.90. The van der Waals surface area contributed by atoms with Gasteiger partial charge in [0.25, 0.3) is 0 Å². The van der Waals surface area contributed by atoms with E-state index in [1.54, 1.807) is 0 Å². The molecule has 0 saturated carbocycles. The number of aromatic nitrogens is 2. The van der Waals surface area contributed by atoms with Gasteiger partial charge < -0.3 is 9.72 Å². The van der Waals surface area contributed by atoms with Crippen LogP contribution < -0.4 is 4.74 Å². The molecule has 6 heteroatoms. The summed E-state index contributed by atoms with van der Waals surface area (Å²) in [6.45, 7) is 11.1. The number of nitrogens with zero attached hydrogens (tertiary/aromatic N) is 3. The molecule has 0 aliphatic rings. The zero-order valence-electron chi connectivity index (χ0n) is 17.5. The molecule has 0 bridgehead atoms. The van der Waals surface area contributed by atoms with Crippen LogP contribution in [0.25, 0.3) is 11.0 Å². The summed E-state index contributed by atoms with van der Waals surface area (Å²) in [7, 11) is 0. The number of hydrogen-bond donors (Lipinski definition) is 1. The predicted molar refractivity (Wildman–Crippen MR) is 123 cm³/mol. The third-order valence-corrected chi connectivity index (χ3v) is 5.36. The van der Waals surface area contributed by atoms with Gasteiger partial charge in [-0.1, -0.05) is 26.0 Å². The van der Waals surface area contributed by atoms with Gasteiger partial charge in [-0.05, 0) is 69.0 Å². The molecule has 0 radical (unpaired) electrons. The molecular formula is C23H28N4OS. The number of aliphatic imine (C=N–C) groups is 1. The molecular weight excluding hydrogens is 380 g/mol. The third-order valence-electron chi connectivity index (χ3n) is 5.27. The van der Waals surface area contributed by atoms with Crippen LogP contribution in [0, 0.1) is 0 Å². The molecule has 0 saturated heterocycles. The van der Waals surface area contributed by atoms with Crippen LogP contribution in [-0.4, -0.2) is 39.7 Å². The standard InChI is InChI=1S/C23H28N4OS/c1-5-27(6-2)16(4)22-19(24-15-29)12-13-20-23(22)26-21(25-20)14-17-8-10-18(11-9-17)28-7-3/h8-13,16H,5-7,14H2,1-4H3,(H,25,26). The van der Waals surface area contributed by atoms with Gasteiger partial charge in [-0.15, -0.1) is 0 Å². The zero-order chi connectivity index (χ0) is 20.8. The van der Waals surface area contributed by atoms with Gasteiger partial charge in [0.2, 0.25) is 0 Å². The summed E-state index contributed by atoms with van der Waals surface area (Å²) in [5, 5.41) is 2.52. The highest BCUT2D eigenvalue weighted by molar-refractivity contribution is 7.78. The number of fused-ring (bicyclic) bond motifs is 1. The average Bonchev–Trinajstić information content (AvgIpc) is 3.13. The van der Waals surface area contributed by atoms with E-state index in [1.165, 1.54) is 5.56 Å². The number of H-pyrrole nitrogens is 1. The summed E-state index contributed by atoms with van der Waals surface area (Å²) in [5.41, 5.74) is 5.09. The van der Waals surface area contributed by atoms with Gasteiger partial charge in [0.15, 0.2) is 0 Å². The SMILES string of the molecule is CCOc1ccc(Cc2nc3c(C(C)N(CC)CC)c(N=C=S)ccc3[nH]2)cc1. The van der Waals surface area contributed by atoms with Gasteiger partial charge in [0.1, 0.15) is 11.6 Å². The van der Waals surface area contributed by atoms with Crippen molar-refractivity contribution >= 4 is 34.1 Å². The number of rotatable bonds is 9. The lowest BCUT2D eigenvalue weighted by atomic mass is 10.0. The Bertz CT molecular complexity index is 1000. The second kappa shape index (κ2) is 9.79. The van der Waals surface area contributed by atoms with E-state index in [1.807, 2.05) is 31.2 Å². The topological polar surface area (TPSA) is 53.5 Å². The van der Waals surface area contributed by atoms with E-state index in [2.05, 4.69) is 52.9 Å². The molecule has 3 rings (SSSR count). The van der Waals surface area contributed by atoms with E-state index >= 15 is 0 Å². The van der Waals surface area contributed by atoms with Crippen LogP contribution in [0.1, 0.15) is 50.7 Å². The molecule has 2 aromatic carbocycles. The van der Waals surface area contributed by atoms with Crippen molar-refractivity contribution in [2.75, 3.05) is 19.7 Å². The first-order chi connectivity index (χ1) is 14.1. The number of nitrogens with one attached hydrogen (secondary N) is 1. The highest BCUT2D eigenvalue weighted by Crippen LogP contribution is 2.35. The molecule has 3 aromatic rings. The lowest BCUT2D eigenvalue weighted by Crippen LogP contribution is -2.26. The van der Waals surface area contributed by atoms with Crippen molar-refractivity contribution in [1.82, 2.24) is 14.9 Å². The van der Waals surface area contributed by atoms with Gasteiger partial charge in [-0.25, -0.2) is 4.98 Å². The van der Waals surface area contributed by atoms with Crippen molar-refractivity contribution in [3.8, 4) is 5.75 Å². The van der Waals surface area contributed by atoms with E-state index in [4.69, 9.17) is 21.9 Å². The van der Waals surface area contributed by atoms with Gasteiger partial charge in [-0.2, -0.15) is 4.99 Å². The molecule has 1 N–H and O–H groups in total. The minimum atomic E-state index is 0.178. The lowest BCUT2D eigenvalue weighted by molar-refractivity contribution is 0.236. The summed E-state index contributed by atoms with van der Waals surface area (Å²) < 4.78 is 5.53. The Balaban J connectivity index is 1.99. The van der Waals surface area contributed by atoms with Crippen LogP contribution in [0.2, 0.25) is 0 Å². The van der Waals surface area contributed by atoms with Gasteiger partial charge in [0, 0.05) is 18.0 Å². The van der Waals surface area contributed by atoms with E-state index in [0.717, 1.165) is 53.4 Å². The van der Waals surface area contributed by atoms with Crippen molar-refractivity contribution in [1.29, 1.82) is 0 Å². The summed E-state index contributed by atoms with van der Waals surface area (Å²) in [5.74, 6) is 1.82. The molecule has 0 aliphatic heterocycles. The Morgan fingerprint density at radius 2 is 1.86 bits per heavy atom. The second-order valence-electron chi connectivity index (χ2n) is 6.93. The average molecular weight is 409 g/mol. The van der Waals surface area contributed by atoms with Crippen molar-refractivity contribution in [3.63, 3.8) is 0 Å². The predicted octanol–water partition coefficient (Wildman–Crippen LogP) is 5.69. The normalized spacial score (nSPS) is 12.2. The van der Waals surface area contributed by atoms with Crippen LogP contribution in [0.15, 0.2) is 41.4 Å². The maximum atomic E-state index is 5.53. The number of aromatic amines is 1. The van der Waals surface area contributed by atoms with Crippen LogP contribution in [0.4, 0.5) is 5.69 Å². The van der Waals surface area contributed by atoms with Crippen molar-refractivity contribution in [2.24, 2.45) is 4.99 Å². The van der Waals surface area contributed by atoms with Crippen molar-refractivity contribution < 1.29 is 4.74 Å². The van der Waals surface area contributed by atoms with Gasteiger partial charge in [0.05, 0.1) is 28.5 Å². The van der Waals surface area contributed by atoms with Crippen molar-refractivity contribution in [2.45, 2.75) is 40.2 Å². The fourth-order valence-electron chi connectivity index (χ4n) is 3.80. The summed E-state index contributed by atoms with van der Waals surface area (Å²) in [6.07, 6.45) is 0.728. The lowest BCUT2D eigenvalue weighted by Gasteiger charge is -2.27. The molecule has 29 heavy (non-hydrogen) atoms. The molecule has 0 fully saturated rings. The number of imidazole rings is 1. The Hall–Kier alpha value is -2.53. The first-order valence-electron chi connectivity index (χ1n) is 10.2. The minimum Gasteiger partial charge on any atom is -0.494 e. The fraction of sp³-hybridized carbons (Fsp3) is 0.391. The molecule has 152 valence electrons. The number of ether oxygens (including phenoxy) is 1. The molecule has 0 amide bonds. The maximum Gasteiger partial charge on any atom is 0.119 e. The number of benzene rings is 2. The quantitative estimate of drug-likeness (QED) is 0.365. The number of hydrogen-bond acceptors (Lipinski definition) is 5. The van der Waals surface area contributed by atoms with E-state index in [-0.39, 0.29) is 6.04 Å². The van der Waals surface area contributed by atoms with Crippen LogP contribution >= 0.6 is 12.2 Å². The van der Waals surface area contributed by atoms with E-state index < -0.39 is 0 Å². The maximum absolute atomic E-state index is 5.53. The Morgan fingerprint density at radius 1 is 1.14 bits per heavy atom. The van der Waals surface area contributed by atoms with E-state index in [0.29, 0.717) is 6.61 Å². The van der Waals surface area contributed by atoms with E-state index in [9.17, 15) is 0 Å². The molecule has 1 atom stereocenters.